The van der Waals surface area contributed by atoms with Crippen LogP contribution in [0.3, 0.4) is 0 Å². The standard InChI is InChI=1S/C26H24ClN5O/c1-17(31(2)16-24-28-21-11-7-6-10-20(21)26(33)30-24)25-29-22-14-19(27)12-13-23(22)32(25)15-18-8-4-3-5-9-18/h3-14,17H,15-16H2,1-2H3,(H,28,30,33)/t17-/m0/s1. The maximum Gasteiger partial charge on any atom is 0.258 e. The maximum atomic E-state index is 12.5. The van der Waals surface area contributed by atoms with Gasteiger partial charge in [-0.2, -0.15) is 0 Å². The highest BCUT2D eigenvalue weighted by atomic mass is 35.5. The van der Waals surface area contributed by atoms with Crippen LogP contribution in [0, 0.1) is 0 Å². The molecule has 1 N–H and O–H groups in total. The highest BCUT2D eigenvalue weighted by Crippen LogP contribution is 2.27. The average Bonchev–Trinajstić information content (AvgIpc) is 3.16. The number of nitrogens with zero attached hydrogens (tertiary/aromatic N) is 4. The third-order valence-electron chi connectivity index (χ3n) is 6.02. The van der Waals surface area contributed by atoms with Gasteiger partial charge in [0.25, 0.3) is 5.56 Å². The second-order valence-corrected chi connectivity index (χ2v) is 8.73. The van der Waals surface area contributed by atoms with Gasteiger partial charge in [0.05, 0.1) is 34.5 Å². The third-order valence-corrected chi connectivity index (χ3v) is 6.25. The molecule has 0 aliphatic rings. The minimum atomic E-state index is -0.123. The molecule has 0 unspecified atom stereocenters. The van der Waals surface area contributed by atoms with Crippen LogP contribution in [0.4, 0.5) is 0 Å². The van der Waals surface area contributed by atoms with Gasteiger partial charge in [-0.1, -0.05) is 54.1 Å². The molecule has 5 rings (SSSR count). The summed E-state index contributed by atoms with van der Waals surface area (Å²) in [5.41, 5.74) is 3.68. The molecule has 3 aromatic carbocycles. The van der Waals surface area contributed by atoms with Crippen molar-refractivity contribution < 1.29 is 0 Å². The van der Waals surface area contributed by atoms with Gasteiger partial charge in [0.1, 0.15) is 11.6 Å². The van der Waals surface area contributed by atoms with Crippen molar-refractivity contribution >= 4 is 33.5 Å². The molecule has 0 aliphatic carbocycles. The molecular formula is C26H24ClN5O. The fourth-order valence-corrected chi connectivity index (χ4v) is 4.32. The molecule has 0 fully saturated rings. The predicted octanol–water partition coefficient (Wildman–Crippen LogP) is 5.17. The van der Waals surface area contributed by atoms with E-state index < -0.39 is 0 Å². The molecule has 0 radical (unpaired) electrons. The minimum Gasteiger partial charge on any atom is -0.322 e. The molecule has 0 bridgehead atoms. The number of fused-ring (bicyclic) bond motifs is 2. The van der Waals surface area contributed by atoms with E-state index in [-0.39, 0.29) is 11.6 Å². The van der Waals surface area contributed by atoms with Gasteiger partial charge >= 0.3 is 0 Å². The smallest absolute Gasteiger partial charge is 0.258 e. The zero-order valence-corrected chi connectivity index (χ0v) is 19.3. The number of aromatic nitrogens is 4. The SMILES string of the molecule is C[C@@H](c1nc2cc(Cl)ccc2n1Cc1ccccc1)N(C)Cc1nc2ccccc2c(=O)[nH]1. The molecule has 5 aromatic rings. The topological polar surface area (TPSA) is 66.8 Å². The minimum absolute atomic E-state index is 0.0309. The molecule has 0 spiro atoms. The monoisotopic (exact) mass is 457 g/mol. The van der Waals surface area contributed by atoms with E-state index >= 15 is 0 Å². The summed E-state index contributed by atoms with van der Waals surface area (Å²) in [6, 6.07) is 23.5. The van der Waals surface area contributed by atoms with Crippen LogP contribution in [-0.4, -0.2) is 31.5 Å². The lowest BCUT2D eigenvalue weighted by molar-refractivity contribution is 0.234. The largest absolute Gasteiger partial charge is 0.322 e. The van der Waals surface area contributed by atoms with Crippen LogP contribution in [0.1, 0.15) is 30.2 Å². The summed E-state index contributed by atoms with van der Waals surface area (Å²) in [6.45, 7) is 3.30. The number of H-pyrrole nitrogens is 1. The highest BCUT2D eigenvalue weighted by molar-refractivity contribution is 6.31. The number of halogens is 1. The van der Waals surface area contributed by atoms with Gasteiger partial charge in [-0.25, -0.2) is 9.97 Å². The quantitative estimate of drug-likeness (QED) is 0.382. The highest BCUT2D eigenvalue weighted by Gasteiger charge is 2.21. The van der Waals surface area contributed by atoms with Crippen LogP contribution in [-0.2, 0) is 13.1 Å². The first-order chi connectivity index (χ1) is 16.0. The van der Waals surface area contributed by atoms with Gasteiger partial charge in [-0.15, -0.1) is 0 Å². The molecule has 6 nitrogen and oxygen atoms in total. The third kappa shape index (κ3) is 4.27. The molecule has 0 saturated carbocycles. The molecule has 0 saturated heterocycles. The Bertz CT molecular complexity index is 1490. The van der Waals surface area contributed by atoms with E-state index in [1.54, 1.807) is 6.07 Å². The molecule has 1 atom stereocenters. The van der Waals surface area contributed by atoms with Crippen LogP contribution in [0.25, 0.3) is 21.9 Å². The van der Waals surface area contributed by atoms with E-state index in [0.29, 0.717) is 34.8 Å². The van der Waals surface area contributed by atoms with Gasteiger partial charge in [0.15, 0.2) is 0 Å². The second-order valence-electron chi connectivity index (χ2n) is 8.30. The zero-order chi connectivity index (χ0) is 22.9. The van der Waals surface area contributed by atoms with Crippen molar-refractivity contribution in [2.45, 2.75) is 26.1 Å². The Kier molecular flexibility index (Phi) is 5.70. The van der Waals surface area contributed by atoms with E-state index in [1.165, 1.54) is 5.56 Å². The molecule has 166 valence electrons. The van der Waals surface area contributed by atoms with E-state index in [1.807, 2.05) is 61.6 Å². The van der Waals surface area contributed by atoms with Crippen LogP contribution < -0.4 is 5.56 Å². The van der Waals surface area contributed by atoms with Crippen molar-refractivity contribution in [3.63, 3.8) is 0 Å². The average molecular weight is 458 g/mol. The maximum absolute atomic E-state index is 12.5. The molecule has 2 heterocycles. The Morgan fingerprint density at radius 3 is 2.58 bits per heavy atom. The van der Waals surface area contributed by atoms with Crippen molar-refractivity contribution in [1.29, 1.82) is 0 Å². The number of aromatic amines is 1. The van der Waals surface area contributed by atoms with Gasteiger partial charge in [-0.05, 0) is 49.9 Å². The molecular weight excluding hydrogens is 434 g/mol. The first-order valence-corrected chi connectivity index (χ1v) is 11.2. The van der Waals surface area contributed by atoms with Gasteiger partial charge in [0, 0.05) is 11.6 Å². The predicted molar refractivity (Wildman–Crippen MR) is 133 cm³/mol. The summed E-state index contributed by atoms with van der Waals surface area (Å²) < 4.78 is 2.23. The van der Waals surface area contributed by atoms with Crippen molar-refractivity contribution in [3.8, 4) is 0 Å². The summed E-state index contributed by atoms with van der Waals surface area (Å²) in [7, 11) is 2.01. The number of hydrogen-bond donors (Lipinski definition) is 1. The summed E-state index contributed by atoms with van der Waals surface area (Å²) >= 11 is 6.25. The first kappa shape index (κ1) is 21.4. The zero-order valence-electron chi connectivity index (χ0n) is 18.5. The molecule has 0 amide bonds. The van der Waals surface area contributed by atoms with Crippen molar-refractivity contribution in [2.75, 3.05) is 7.05 Å². The number of imidazole rings is 1. The number of rotatable bonds is 6. The van der Waals surface area contributed by atoms with Crippen molar-refractivity contribution in [1.82, 2.24) is 24.4 Å². The number of nitrogens with one attached hydrogen (secondary N) is 1. The summed E-state index contributed by atoms with van der Waals surface area (Å²) in [5.74, 6) is 1.56. The van der Waals surface area contributed by atoms with E-state index in [0.717, 1.165) is 16.9 Å². The lowest BCUT2D eigenvalue weighted by Gasteiger charge is -2.25. The Balaban J connectivity index is 1.50. The molecule has 33 heavy (non-hydrogen) atoms. The van der Waals surface area contributed by atoms with Gasteiger partial charge in [-0.3, -0.25) is 9.69 Å². The van der Waals surface area contributed by atoms with Gasteiger partial charge < -0.3 is 9.55 Å². The molecule has 2 aromatic heterocycles. The number of para-hydroxylation sites is 1. The summed E-state index contributed by atoms with van der Waals surface area (Å²) in [6.07, 6.45) is 0. The summed E-state index contributed by atoms with van der Waals surface area (Å²) in [4.78, 5) is 27.1. The van der Waals surface area contributed by atoms with E-state index in [4.69, 9.17) is 16.6 Å². The van der Waals surface area contributed by atoms with E-state index in [9.17, 15) is 4.79 Å². The van der Waals surface area contributed by atoms with E-state index in [2.05, 4.69) is 38.5 Å². The molecule has 0 aliphatic heterocycles. The lowest BCUT2D eigenvalue weighted by atomic mass is 10.2. The Morgan fingerprint density at radius 1 is 1.00 bits per heavy atom. The van der Waals surface area contributed by atoms with Gasteiger partial charge in [0.2, 0.25) is 0 Å². The van der Waals surface area contributed by atoms with Crippen LogP contribution in [0.5, 0.6) is 0 Å². The Hall–Kier alpha value is -3.48. The fourth-order valence-electron chi connectivity index (χ4n) is 4.15. The van der Waals surface area contributed by atoms with Crippen molar-refractivity contribution in [3.05, 3.63) is 105 Å². The fraction of sp³-hybridized carbons (Fsp3) is 0.192. The van der Waals surface area contributed by atoms with Crippen LogP contribution >= 0.6 is 11.6 Å². The van der Waals surface area contributed by atoms with Crippen LogP contribution in [0.2, 0.25) is 5.02 Å². The number of benzene rings is 3. The van der Waals surface area contributed by atoms with Crippen molar-refractivity contribution in [2.24, 2.45) is 0 Å². The second kappa shape index (κ2) is 8.81. The lowest BCUT2D eigenvalue weighted by Crippen LogP contribution is -2.27. The Labute approximate surface area is 196 Å². The first-order valence-electron chi connectivity index (χ1n) is 10.9. The number of hydrogen-bond acceptors (Lipinski definition) is 4. The summed E-state index contributed by atoms with van der Waals surface area (Å²) in [5, 5.41) is 1.26. The normalized spacial score (nSPS) is 12.6. The Morgan fingerprint density at radius 2 is 1.76 bits per heavy atom. The molecule has 7 heteroatoms. The van der Waals surface area contributed by atoms with Crippen LogP contribution in [0.15, 0.2) is 77.6 Å².